The Kier molecular flexibility index (Phi) is 4.28. The summed E-state index contributed by atoms with van der Waals surface area (Å²) in [5.41, 5.74) is 5.05. The van der Waals surface area contributed by atoms with Crippen LogP contribution in [0.4, 0.5) is 0 Å². The molecule has 1 aromatic rings. The third-order valence-corrected chi connectivity index (χ3v) is 1.12. The smallest absolute Gasteiger partial charge is 0.152 e. The van der Waals surface area contributed by atoms with Crippen molar-refractivity contribution in [1.29, 1.82) is 0 Å². The van der Waals surface area contributed by atoms with Crippen LogP contribution in [-0.2, 0) is 0 Å². The van der Waals surface area contributed by atoms with Gasteiger partial charge in [-0.1, -0.05) is 18.2 Å². The minimum absolute atomic E-state index is 0. The molecule has 1 aromatic carbocycles. The topological polar surface area (TPSA) is 35.2 Å². The summed E-state index contributed by atoms with van der Waals surface area (Å²) in [6.07, 6.45) is 0. The summed E-state index contributed by atoms with van der Waals surface area (Å²) in [6.45, 7) is 3.64. The molecule has 0 bridgehead atoms. The van der Waals surface area contributed by atoms with Crippen LogP contribution in [0.3, 0.4) is 0 Å². The molecule has 0 fully saturated rings. The van der Waals surface area contributed by atoms with Crippen molar-refractivity contribution in [3.05, 3.63) is 30.3 Å². The van der Waals surface area contributed by atoms with E-state index in [2.05, 4.69) is 0 Å². The molecule has 0 aliphatic heterocycles. The first-order valence-electron chi connectivity index (χ1n) is 3.61. The molecule has 0 radical (unpaired) electrons. The van der Waals surface area contributed by atoms with Gasteiger partial charge in [0, 0.05) is 0 Å². The normalized spacial score (nSPS) is 10.2. The van der Waals surface area contributed by atoms with Crippen LogP contribution in [0.5, 0.6) is 5.75 Å². The molecule has 0 atom stereocenters. The second-order valence-electron chi connectivity index (χ2n) is 3.02. The minimum atomic E-state index is -0.596. The van der Waals surface area contributed by atoms with Crippen molar-refractivity contribution in [1.82, 2.24) is 0 Å². The standard InChI is InChI=1S/C9H13NO.BrH/c1-9(2,10)11-8-6-4-3-5-7-8;/h3-7H,10H2,1-2H3;1H. The number of hydrogen-bond acceptors (Lipinski definition) is 2. The predicted octanol–water partition coefficient (Wildman–Crippen LogP) is 2.34. The molecule has 2 nitrogen and oxygen atoms in total. The van der Waals surface area contributed by atoms with Crippen LogP contribution in [0.25, 0.3) is 0 Å². The zero-order valence-corrected chi connectivity index (χ0v) is 8.99. The van der Waals surface area contributed by atoms with Crippen molar-refractivity contribution in [2.24, 2.45) is 5.73 Å². The van der Waals surface area contributed by atoms with Gasteiger partial charge in [0.15, 0.2) is 5.72 Å². The van der Waals surface area contributed by atoms with Gasteiger partial charge in [0.1, 0.15) is 5.75 Å². The molecule has 3 heteroatoms. The van der Waals surface area contributed by atoms with Gasteiger partial charge in [-0.3, -0.25) is 5.73 Å². The zero-order valence-electron chi connectivity index (χ0n) is 7.28. The van der Waals surface area contributed by atoms with Crippen molar-refractivity contribution < 1.29 is 4.74 Å². The van der Waals surface area contributed by atoms with Gasteiger partial charge in [-0.25, -0.2) is 0 Å². The number of para-hydroxylation sites is 1. The summed E-state index contributed by atoms with van der Waals surface area (Å²) < 4.78 is 5.38. The minimum Gasteiger partial charge on any atom is -0.474 e. The highest BCUT2D eigenvalue weighted by Crippen LogP contribution is 2.13. The summed E-state index contributed by atoms with van der Waals surface area (Å²) in [7, 11) is 0. The molecule has 0 amide bonds. The molecule has 0 saturated carbocycles. The van der Waals surface area contributed by atoms with E-state index >= 15 is 0 Å². The molecule has 68 valence electrons. The lowest BCUT2D eigenvalue weighted by molar-refractivity contribution is 0.117. The van der Waals surface area contributed by atoms with Crippen LogP contribution in [0.15, 0.2) is 30.3 Å². The van der Waals surface area contributed by atoms with Crippen molar-refractivity contribution >= 4 is 17.0 Å². The Hall–Kier alpha value is -0.540. The quantitative estimate of drug-likeness (QED) is 0.794. The SMILES string of the molecule is Br.CC(C)(N)Oc1ccccc1. The second kappa shape index (κ2) is 4.48. The Balaban J connectivity index is 0.00000121. The van der Waals surface area contributed by atoms with Crippen molar-refractivity contribution in [2.45, 2.75) is 19.6 Å². The third kappa shape index (κ3) is 4.36. The molecule has 12 heavy (non-hydrogen) atoms. The number of hydrogen-bond donors (Lipinski definition) is 1. The van der Waals surface area contributed by atoms with Crippen LogP contribution in [0.2, 0.25) is 0 Å². The summed E-state index contributed by atoms with van der Waals surface area (Å²) in [4.78, 5) is 0. The largest absolute Gasteiger partial charge is 0.474 e. The average Bonchev–Trinajstić information content (AvgIpc) is 1.85. The Bertz CT molecular complexity index is 218. The fourth-order valence-corrected chi connectivity index (χ4v) is 0.792. The van der Waals surface area contributed by atoms with E-state index in [0.29, 0.717) is 0 Å². The lowest BCUT2D eigenvalue weighted by atomic mass is 10.3. The summed E-state index contributed by atoms with van der Waals surface area (Å²) in [6, 6.07) is 9.54. The third-order valence-electron chi connectivity index (χ3n) is 1.12. The molecule has 0 heterocycles. The maximum Gasteiger partial charge on any atom is 0.152 e. The zero-order chi connectivity index (χ0) is 8.32. The summed E-state index contributed by atoms with van der Waals surface area (Å²) >= 11 is 0. The molecule has 0 spiro atoms. The lowest BCUT2D eigenvalue weighted by Crippen LogP contribution is -2.38. The van der Waals surface area contributed by atoms with Gasteiger partial charge in [0.2, 0.25) is 0 Å². The molecule has 1 rings (SSSR count). The highest BCUT2D eigenvalue weighted by molar-refractivity contribution is 8.93. The van der Waals surface area contributed by atoms with Gasteiger partial charge in [-0.2, -0.15) is 0 Å². The van der Waals surface area contributed by atoms with Gasteiger partial charge in [-0.15, -0.1) is 17.0 Å². The maximum absolute atomic E-state index is 5.65. The molecular weight excluding hydrogens is 218 g/mol. The molecule has 2 N–H and O–H groups in total. The molecule has 0 aliphatic carbocycles. The average molecular weight is 232 g/mol. The fourth-order valence-electron chi connectivity index (χ4n) is 0.792. The summed E-state index contributed by atoms with van der Waals surface area (Å²) in [5, 5.41) is 0. The van der Waals surface area contributed by atoms with E-state index in [9.17, 15) is 0 Å². The first kappa shape index (κ1) is 11.5. The number of ether oxygens (including phenoxy) is 1. The molecule has 0 aliphatic rings. The molecule has 0 aromatic heterocycles. The first-order valence-corrected chi connectivity index (χ1v) is 3.61. The first-order chi connectivity index (χ1) is 5.08. The van der Waals surface area contributed by atoms with E-state index in [1.165, 1.54) is 0 Å². The predicted molar refractivity (Wildman–Crippen MR) is 55.7 cm³/mol. The van der Waals surface area contributed by atoms with E-state index < -0.39 is 5.72 Å². The van der Waals surface area contributed by atoms with E-state index in [-0.39, 0.29) is 17.0 Å². The number of rotatable bonds is 2. The van der Waals surface area contributed by atoms with E-state index in [4.69, 9.17) is 10.5 Å². The fraction of sp³-hybridized carbons (Fsp3) is 0.333. The monoisotopic (exact) mass is 231 g/mol. The van der Waals surface area contributed by atoms with Crippen molar-refractivity contribution in [3.63, 3.8) is 0 Å². The second-order valence-corrected chi connectivity index (χ2v) is 3.02. The van der Waals surface area contributed by atoms with Crippen LogP contribution in [0.1, 0.15) is 13.8 Å². The van der Waals surface area contributed by atoms with Crippen molar-refractivity contribution in [3.8, 4) is 5.75 Å². The van der Waals surface area contributed by atoms with E-state index in [1.807, 2.05) is 44.2 Å². The number of nitrogens with two attached hydrogens (primary N) is 1. The number of halogens is 1. The number of benzene rings is 1. The Morgan fingerprint density at radius 1 is 1.17 bits per heavy atom. The highest BCUT2D eigenvalue weighted by atomic mass is 79.9. The Morgan fingerprint density at radius 3 is 2.08 bits per heavy atom. The molecule has 0 unspecified atom stereocenters. The van der Waals surface area contributed by atoms with Crippen LogP contribution >= 0.6 is 17.0 Å². The van der Waals surface area contributed by atoms with Crippen LogP contribution in [0, 0.1) is 0 Å². The van der Waals surface area contributed by atoms with Gasteiger partial charge in [0.25, 0.3) is 0 Å². The van der Waals surface area contributed by atoms with E-state index in [1.54, 1.807) is 0 Å². The van der Waals surface area contributed by atoms with Crippen molar-refractivity contribution in [2.75, 3.05) is 0 Å². The van der Waals surface area contributed by atoms with Gasteiger partial charge < -0.3 is 4.74 Å². The Labute approximate surface area is 83.5 Å². The van der Waals surface area contributed by atoms with Crippen LogP contribution < -0.4 is 10.5 Å². The maximum atomic E-state index is 5.65. The molecule has 0 saturated heterocycles. The summed E-state index contributed by atoms with van der Waals surface area (Å²) in [5.74, 6) is 0.806. The molecular formula is C9H14BrNO. The van der Waals surface area contributed by atoms with Crippen LogP contribution in [-0.4, -0.2) is 5.72 Å². The lowest BCUT2D eigenvalue weighted by Gasteiger charge is -2.20. The Morgan fingerprint density at radius 2 is 1.67 bits per heavy atom. The van der Waals surface area contributed by atoms with E-state index in [0.717, 1.165) is 5.75 Å². The highest BCUT2D eigenvalue weighted by Gasteiger charge is 2.10. The van der Waals surface area contributed by atoms with Gasteiger partial charge in [0.05, 0.1) is 0 Å². The van der Waals surface area contributed by atoms with Gasteiger partial charge in [-0.05, 0) is 26.0 Å². The van der Waals surface area contributed by atoms with Gasteiger partial charge >= 0.3 is 0 Å².